The van der Waals surface area contributed by atoms with Crippen molar-refractivity contribution in [1.82, 2.24) is 4.98 Å². The molecule has 5 heteroatoms. The molecule has 0 aliphatic carbocycles. The number of pyridine rings is 1. The van der Waals surface area contributed by atoms with Gasteiger partial charge in [-0.25, -0.2) is 4.98 Å². The van der Waals surface area contributed by atoms with Crippen LogP contribution in [0.15, 0.2) is 42.5 Å². The summed E-state index contributed by atoms with van der Waals surface area (Å²) in [7, 11) is 1.82. The molecule has 1 atom stereocenters. The van der Waals surface area contributed by atoms with Gasteiger partial charge >= 0.3 is 0 Å². The molecule has 5 rings (SSSR count). The van der Waals surface area contributed by atoms with E-state index in [1.807, 2.05) is 7.11 Å². The van der Waals surface area contributed by atoms with E-state index in [4.69, 9.17) is 9.72 Å². The Balaban J connectivity index is 1.65. The highest BCUT2D eigenvalue weighted by molar-refractivity contribution is 6.02. The molecule has 1 saturated heterocycles. The average Bonchev–Trinajstić information content (AvgIpc) is 2.88. The molecule has 1 unspecified atom stereocenters. The molecule has 0 spiro atoms. The van der Waals surface area contributed by atoms with Crippen molar-refractivity contribution in [2.45, 2.75) is 73.5 Å². The molecular weight excluding hydrogens is 482 g/mol. The molecule has 2 aromatic carbocycles. The van der Waals surface area contributed by atoms with Crippen LogP contribution in [0.5, 0.6) is 0 Å². The Morgan fingerprint density at radius 1 is 0.949 bits per heavy atom. The Labute approximate surface area is 234 Å². The number of fused-ring (bicyclic) bond motifs is 1. The number of piperidine rings is 1. The molecule has 0 N–H and O–H groups in total. The second kappa shape index (κ2) is 10.4. The number of anilines is 2. The third kappa shape index (κ3) is 5.09. The van der Waals surface area contributed by atoms with Crippen LogP contribution < -0.4 is 9.80 Å². The van der Waals surface area contributed by atoms with Crippen molar-refractivity contribution in [2.75, 3.05) is 36.5 Å². The number of nitrogens with zero attached hydrogens (tertiary/aromatic N) is 3. The predicted octanol–water partition coefficient (Wildman–Crippen LogP) is 7.25. The Hall–Kier alpha value is -3.18. The van der Waals surface area contributed by atoms with Crippen LogP contribution in [0.2, 0.25) is 0 Å². The van der Waals surface area contributed by atoms with E-state index in [0.29, 0.717) is 24.7 Å². The zero-order chi connectivity index (χ0) is 28.1. The van der Waals surface area contributed by atoms with Gasteiger partial charge in [-0.1, -0.05) is 58.0 Å². The predicted molar refractivity (Wildman–Crippen MR) is 161 cm³/mol. The van der Waals surface area contributed by atoms with Crippen molar-refractivity contribution in [2.24, 2.45) is 5.41 Å². The average molecular weight is 526 g/mol. The highest BCUT2D eigenvalue weighted by Gasteiger charge is 2.38. The smallest absolute Gasteiger partial charge is 0.200 e. The maximum Gasteiger partial charge on any atom is 0.200 e. The van der Waals surface area contributed by atoms with Gasteiger partial charge in [-0.05, 0) is 67.5 Å². The number of Topliss-reactive ketones (excluding diaryl/α,β-unsaturated/α-hetero) is 1. The lowest BCUT2D eigenvalue weighted by atomic mass is 9.80. The molecule has 3 heterocycles. The summed E-state index contributed by atoms with van der Waals surface area (Å²) in [5.74, 6) is 0.518. The maximum absolute atomic E-state index is 13.9. The summed E-state index contributed by atoms with van der Waals surface area (Å²) in [6.07, 6.45) is 1.16. The summed E-state index contributed by atoms with van der Waals surface area (Å²) in [4.78, 5) is 23.7. The minimum atomic E-state index is -0.0115. The summed E-state index contributed by atoms with van der Waals surface area (Å²) in [5, 5.41) is 0. The van der Waals surface area contributed by atoms with Gasteiger partial charge in [-0.3, -0.25) is 4.79 Å². The number of carbonyl (C=O) groups is 1. The van der Waals surface area contributed by atoms with Gasteiger partial charge < -0.3 is 14.5 Å². The summed E-state index contributed by atoms with van der Waals surface area (Å²) < 4.78 is 5.86. The normalized spacial score (nSPS) is 19.0. The number of rotatable bonds is 5. The van der Waals surface area contributed by atoms with Crippen molar-refractivity contribution in [3.05, 3.63) is 76.0 Å². The molecule has 5 nitrogen and oxygen atoms in total. The van der Waals surface area contributed by atoms with Crippen molar-refractivity contribution in [3.63, 3.8) is 0 Å². The van der Waals surface area contributed by atoms with Gasteiger partial charge in [-0.2, -0.15) is 0 Å². The number of hydrogen-bond donors (Lipinski definition) is 0. The fourth-order valence-electron chi connectivity index (χ4n) is 6.54. The van der Waals surface area contributed by atoms with Crippen LogP contribution >= 0.6 is 0 Å². The Bertz CT molecular complexity index is 1390. The van der Waals surface area contributed by atoms with Crippen molar-refractivity contribution >= 4 is 17.2 Å². The van der Waals surface area contributed by atoms with Crippen LogP contribution in [0, 0.1) is 26.2 Å². The molecule has 0 amide bonds. The number of aromatic nitrogens is 1. The zero-order valence-corrected chi connectivity index (χ0v) is 24.9. The molecule has 0 radical (unpaired) electrons. The standard InChI is InChI=1S/C34H43N3O2/c1-21(2)25-13-12-22(3)28(16-25)37-18-26-29(36-15-14-31(39-8)34(6,7)20-36)17-27(35-33(26)30(38)19-37)32-23(4)10-9-11-24(32)5/h9-13,16-17,21,31H,14-15,18-20H2,1-8H3. The Morgan fingerprint density at radius 3 is 2.31 bits per heavy atom. The number of aryl methyl sites for hydroxylation is 3. The molecule has 2 aliphatic rings. The van der Waals surface area contributed by atoms with Crippen molar-refractivity contribution < 1.29 is 9.53 Å². The minimum absolute atomic E-state index is 0.0115. The van der Waals surface area contributed by atoms with Gasteiger partial charge in [0.15, 0.2) is 0 Å². The Kier molecular flexibility index (Phi) is 7.32. The maximum atomic E-state index is 13.9. The van der Waals surface area contributed by atoms with E-state index in [1.165, 1.54) is 22.3 Å². The van der Waals surface area contributed by atoms with Crippen LogP contribution in [0.25, 0.3) is 11.3 Å². The fraction of sp³-hybridized carbons (Fsp3) is 0.471. The SMILES string of the molecule is COC1CCN(c2cc(-c3c(C)cccc3C)nc3c2CN(c2cc(C(C)C)ccc2C)CC3=O)CC1(C)C. The van der Waals surface area contributed by atoms with Crippen LogP contribution in [-0.2, 0) is 11.3 Å². The van der Waals surface area contributed by atoms with E-state index in [1.54, 1.807) is 0 Å². The number of benzene rings is 2. The second-order valence-corrected chi connectivity index (χ2v) is 12.5. The number of ketones is 1. The number of ether oxygens (including phenoxy) is 1. The van der Waals surface area contributed by atoms with E-state index in [0.717, 1.165) is 47.7 Å². The van der Waals surface area contributed by atoms with Crippen LogP contribution in [0.3, 0.4) is 0 Å². The van der Waals surface area contributed by atoms with Gasteiger partial charge in [0, 0.05) is 54.7 Å². The highest BCUT2D eigenvalue weighted by Crippen LogP contribution is 2.40. The van der Waals surface area contributed by atoms with Gasteiger partial charge in [-0.15, -0.1) is 0 Å². The fourth-order valence-corrected chi connectivity index (χ4v) is 6.54. The topological polar surface area (TPSA) is 45.7 Å². The van der Waals surface area contributed by atoms with Crippen LogP contribution in [0.4, 0.5) is 11.4 Å². The molecule has 0 saturated carbocycles. The lowest BCUT2D eigenvalue weighted by Gasteiger charge is -2.45. The van der Waals surface area contributed by atoms with Crippen molar-refractivity contribution in [1.29, 1.82) is 0 Å². The Morgan fingerprint density at radius 2 is 1.67 bits per heavy atom. The van der Waals surface area contributed by atoms with E-state index < -0.39 is 0 Å². The molecule has 0 bridgehead atoms. The van der Waals surface area contributed by atoms with E-state index >= 15 is 0 Å². The van der Waals surface area contributed by atoms with Gasteiger partial charge in [0.25, 0.3) is 0 Å². The van der Waals surface area contributed by atoms with Gasteiger partial charge in [0.05, 0.1) is 18.3 Å². The second-order valence-electron chi connectivity index (χ2n) is 12.5. The summed E-state index contributed by atoms with van der Waals surface area (Å²) in [5.41, 5.74) is 10.8. The van der Waals surface area contributed by atoms with Gasteiger partial charge in [0.1, 0.15) is 5.69 Å². The lowest BCUT2D eigenvalue weighted by molar-refractivity contribution is -0.00632. The molecule has 3 aromatic rings. The molecule has 39 heavy (non-hydrogen) atoms. The number of carbonyl (C=O) groups excluding carboxylic acids is 1. The third-order valence-corrected chi connectivity index (χ3v) is 8.78. The van der Waals surface area contributed by atoms with Crippen LogP contribution in [0.1, 0.15) is 78.3 Å². The first-order chi connectivity index (χ1) is 18.5. The van der Waals surface area contributed by atoms with E-state index in [-0.39, 0.29) is 17.3 Å². The molecule has 206 valence electrons. The first kappa shape index (κ1) is 27.4. The third-order valence-electron chi connectivity index (χ3n) is 8.78. The number of methoxy groups -OCH3 is 1. The lowest BCUT2D eigenvalue weighted by Crippen LogP contribution is -2.50. The summed E-state index contributed by atoms with van der Waals surface area (Å²) >= 11 is 0. The molecule has 2 aliphatic heterocycles. The molecular formula is C34H43N3O2. The monoisotopic (exact) mass is 525 g/mol. The zero-order valence-electron chi connectivity index (χ0n) is 24.9. The summed E-state index contributed by atoms with van der Waals surface area (Å²) in [6, 6.07) is 15.2. The number of hydrogen-bond acceptors (Lipinski definition) is 5. The van der Waals surface area contributed by atoms with E-state index in [2.05, 4.69) is 101 Å². The quantitative estimate of drug-likeness (QED) is 0.351. The largest absolute Gasteiger partial charge is 0.381 e. The first-order valence-corrected chi connectivity index (χ1v) is 14.3. The van der Waals surface area contributed by atoms with Crippen molar-refractivity contribution in [3.8, 4) is 11.3 Å². The molecule has 1 aromatic heterocycles. The van der Waals surface area contributed by atoms with Crippen LogP contribution in [-0.4, -0.2) is 43.6 Å². The summed E-state index contributed by atoms with van der Waals surface area (Å²) in [6.45, 7) is 18.2. The first-order valence-electron chi connectivity index (χ1n) is 14.3. The van der Waals surface area contributed by atoms with Gasteiger partial charge in [0.2, 0.25) is 5.78 Å². The molecule has 1 fully saturated rings. The highest BCUT2D eigenvalue weighted by atomic mass is 16.5. The van der Waals surface area contributed by atoms with E-state index in [9.17, 15) is 4.79 Å². The minimum Gasteiger partial charge on any atom is -0.381 e.